The average Bonchev–Trinajstić information content (AvgIpc) is 2.63. The van der Waals surface area contributed by atoms with Crippen molar-refractivity contribution < 1.29 is 4.39 Å². The molecule has 2 aliphatic rings. The van der Waals surface area contributed by atoms with Crippen LogP contribution in [0.3, 0.4) is 0 Å². The number of rotatable bonds is 2. The average molecular weight is 262 g/mol. The molecule has 1 saturated carbocycles. The summed E-state index contributed by atoms with van der Waals surface area (Å²) in [5.74, 6) is -0.184. The number of halogens is 1. The van der Waals surface area contributed by atoms with E-state index in [1.165, 1.54) is 38.5 Å². The highest BCUT2D eigenvalue weighted by Gasteiger charge is 2.42. The highest BCUT2D eigenvalue weighted by molar-refractivity contribution is 5.52. The lowest BCUT2D eigenvalue weighted by atomic mass is 9.73. The summed E-state index contributed by atoms with van der Waals surface area (Å²) in [5.41, 5.74) is 7.89. The van der Waals surface area contributed by atoms with Crippen LogP contribution in [0.4, 0.5) is 10.1 Å². The molecule has 0 unspecified atom stereocenters. The normalized spacial score (nSPS) is 22.1. The van der Waals surface area contributed by atoms with Crippen LogP contribution < -0.4 is 10.6 Å². The van der Waals surface area contributed by atoms with Crippen LogP contribution in [0.5, 0.6) is 0 Å². The minimum atomic E-state index is -0.184. The molecule has 2 nitrogen and oxygen atoms in total. The van der Waals surface area contributed by atoms with Gasteiger partial charge >= 0.3 is 0 Å². The van der Waals surface area contributed by atoms with E-state index in [0.717, 1.165) is 18.8 Å². The van der Waals surface area contributed by atoms with E-state index in [4.69, 9.17) is 5.73 Å². The molecule has 0 aromatic heterocycles. The molecule has 0 bridgehead atoms. The summed E-state index contributed by atoms with van der Waals surface area (Å²) in [7, 11) is 0. The van der Waals surface area contributed by atoms with Crippen molar-refractivity contribution in [3.63, 3.8) is 0 Å². The van der Waals surface area contributed by atoms with Gasteiger partial charge in [0.05, 0.1) is 0 Å². The molecule has 0 radical (unpaired) electrons. The van der Waals surface area contributed by atoms with Gasteiger partial charge in [-0.25, -0.2) is 4.39 Å². The maximum atomic E-state index is 13.5. The Bertz CT molecular complexity index is 442. The topological polar surface area (TPSA) is 29.3 Å². The molecule has 3 rings (SSSR count). The number of benzene rings is 1. The van der Waals surface area contributed by atoms with Crippen LogP contribution in [0.25, 0.3) is 0 Å². The van der Waals surface area contributed by atoms with Crippen LogP contribution in [0.2, 0.25) is 0 Å². The molecule has 2 N–H and O–H groups in total. The fourth-order valence-electron chi connectivity index (χ4n) is 3.66. The van der Waals surface area contributed by atoms with Crippen molar-refractivity contribution in [3.05, 3.63) is 29.6 Å². The number of anilines is 1. The van der Waals surface area contributed by atoms with Gasteiger partial charge in [0.15, 0.2) is 0 Å². The van der Waals surface area contributed by atoms with Crippen molar-refractivity contribution in [1.29, 1.82) is 0 Å². The Morgan fingerprint density at radius 3 is 2.42 bits per heavy atom. The minimum Gasteiger partial charge on any atom is -0.370 e. The lowest BCUT2D eigenvalue weighted by Crippen LogP contribution is -2.56. The molecule has 3 heteroatoms. The van der Waals surface area contributed by atoms with Gasteiger partial charge in [-0.3, -0.25) is 0 Å². The van der Waals surface area contributed by atoms with Gasteiger partial charge in [0.25, 0.3) is 0 Å². The standard InChI is InChI=1S/C16H23FN2/c17-15-6-5-14(9-13(15)10-18)19-11-16(12-19)7-3-1-2-4-8-16/h5-6,9H,1-4,7-8,10-12,18H2. The van der Waals surface area contributed by atoms with Gasteiger partial charge in [-0.2, -0.15) is 0 Å². The van der Waals surface area contributed by atoms with E-state index >= 15 is 0 Å². The van der Waals surface area contributed by atoms with Crippen molar-refractivity contribution in [1.82, 2.24) is 0 Å². The van der Waals surface area contributed by atoms with Gasteiger partial charge in [0.2, 0.25) is 0 Å². The second-order valence-corrected chi connectivity index (χ2v) is 6.25. The third-order valence-corrected chi connectivity index (χ3v) is 4.83. The molecule has 0 atom stereocenters. The van der Waals surface area contributed by atoms with Gasteiger partial charge in [0, 0.05) is 36.3 Å². The second-order valence-electron chi connectivity index (χ2n) is 6.25. The Kier molecular flexibility index (Phi) is 3.48. The molecule has 19 heavy (non-hydrogen) atoms. The van der Waals surface area contributed by atoms with Crippen LogP contribution >= 0.6 is 0 Å². The fourth-order valence-corrected chi connectivity index (χ4v) is 3.66. The quantitative estimate of drug-likeness (QED) is 0.884. The summed E-state index contributed by atoms with van der Waals surface area (Å²) < 4.78 is 13.5. The van der Waals surface area contributed by atoms with E-state index in [1.807, 2.05) is 12.1 Å². The highest BCUT2D eigenvalue weighted by Crippen LogP contribution is 2.44. The number of hydrogen-bond donors (Lipinski definition) is 1. The molecule has 1 aromatic rings. The third-order valence-electron chi connectivity index (χ3n) is 4.83. The number of nitrogens with zero attached hydrogens (tertiary/aromatic N) is 1. The van der Waals surface area contributed by atoms with Gasteiger partial charge < -0.3 is 10.6 Å². The Balaban J connectivity index is 1.69. The predicted molar refractivity (Wildman–Crippen MR) is 76.6 cm³/mol. The fraction of sp³-hybridized carbons (Fsp3) is 0.625. The lowest BCUT2D eigenvalue weighted by Gasteiger charge is -2.51. The van der Waals surface area contributed by atoms with E-state index in [1.54, 1.807) is 6.07 Å². The van der Waals surface area contributed by atoms with Crippen LogP contribution in [0.15, 0.2) is 18.2 Å². The maximum Gasteiger partial charge on any atom is 0.127 e. The summed E-state index contributed by atoms with van der Waals surface area (Å²) >= 11 is 0. The van der Waals surface area contributed by atoms with Crippen LogP contribution in [-0.4, -0.2) is 13.1 Å². The van der Waals surface area contributed by atoms with Crippen LogP contribution in [-0.2, 0) is 6.54 Å². The van der Waals surface area contributed by atoms with Gasteiger partial charge in [0.1, 0.15) is 5.82 Å². The predicted octanol–water partition coefficient (Wildman–Crippen LogP) is 3.45. The van der Waals surface area contributed by atoms with Crippen LogP contribution in [0.1, 0.15) is 44.1 Å². The Hall–Kier alpha value is -1.09. The van der Waals surface area contributed by atoms with Gasteiger partial charge in [-0.15, -0.1) is 0 Å². The first kappa shape index (κ1) is 12.9. The van der Waals surface area contributed by atoms with E-state index in [0.29, 0.717) is 11.0 Å². The third kappa shape index (κ3) is 2.48. The first-order valence-corrected chi connectivity index (χ1v) is 7.46. The zero-order valence-electron chi connectivity index (χ0n) is 11.5. The summed E-state index contributed by atoms with van der Waals surface area (Å²) in [6.07, 6.45) is 8.30. The summed E-state index contributed by atoms with van der Waals surface area (Å²) in [6, 6.07) is 5.35. The van der Waals surface area contributed by atoms with Crippen molar-refractivity contribution >= 4 is 5.69 Å². The van der Waals surface area contributed by atoms with E-state index in [9.17, 15) is 4.39 Å². The molecule has 0 amide bonds. The van der Waals surface area contributed by atoms with Crippen molar-refractivity contribution in [2.24, 2.45) is 11.1 Å². The smallest absolute Gasteiger partial charge is 0.127 e. The highest BCUT2D eigenvalue weighted by atomic mass is 19.1. The summed E-state index contributed by atoms with van der Waals surface area (Å²) in [4.78, 5) is 2.38. The maximum absolute atomic E-state index is 13.5. The number of hydrogen-bond acceptors (Lipinski definition) is 2. The first-order valence-electron chi connectivity index (χ1n) is 7.46. The summed E-state index contributed by atoms with van der Waals surface area (Å²) in [5, 5.41) is 0. The lowest BCUT2D eigenvalue weighted by molar-refractivity contribution is 0.180. The van der Waals surface area contributed by atoms with E-state index < -0.39 is 0 Å². The molecule has 1 aliphatic carbocycles. The Morgan fingerprint density at radius 1 is 1.11 bits per heavy atom. The number of nitrogens with two attached hydrogens (primary N) is 1. The monoisotopic (exact) mass is 262 g/mol. The first-order chi connectivity index (χ1) is 9.22. The van der Waals surface area contributed by atoms with Crippen LogP contribution in [0, 0.1) is 11.2 Å². The molecule has 1 saturated heterocycles. The SMILES string of the molecule is NCc1cc(N2CC3(CCCCCC3)C2)ccc1F. The Morgan fingerprint density at radius 2 is 1.79 bits per heavy atom. The molecule has 1 aromatic carbocycles. The van der Waals surface area contributed by atoms with Crippen molar-refractivity contribution in [2.45, 2.75) is 45.1 Å². The van der Waals surface area contributed by atoms with Crippen molar-refractivity contribution in [3.8, 4) is 0 Å². The second kappa shape index (κ2) is 5.12. The Labute approximate surface area is 114 Å². The molecule has 1 spiro atoms. The molecular formula is C16H23FN2. The van der Waals surface area contributed by atoms with Crippen molar-refractivity contribution in [2.75, 3.05) is 18.0 Å². The largest absolute Gasteiger partial charge is 0.370 e. The molecule has 1 aliphatic heterocycles. The van der Waals surface area contributed by atoms with E-state index in [2.05, 4.69) is 4.90 Å². The van der Waals surface area contributed by atoms with E-state index in [-0.39, 0.29) is 12.4 Å². The zero-order valence-corrected chi connectivity index (χ0v) is 11.5. The zero-order chi connectivity index (χ0) is 13.3. The van der Waals surface area contributed by atoms with Gasteiger partial charge in [-0.1, -0.05) is 25.7 Å². The minimum absolute atomic E-state index is 0.184. The molecule has 2 fully saturated rings. The molecule has 1 heterocycles. The molecular weight excluding hydrogens is 239 g/mol. The van der Waals surface area contributed by atoms with Gasteiger partial charge in [-0.05, 0) is 31.0 Å². The molecule has 104 valence electrons. The summed E-state index contributed by atoms with van der Waals surface area (Å²) in [6.45, 7) is 2.56.